The van der Waals surface area contributed by atoms with E-state index in [2.05, 4.69) is 4.98 Å². The molecular weight excluding hydrogens is 418 g/mol. The fourth-order valence-corrected chi connectivity index (χ4v) is 5.96. The van der Waals surface area contributed by atoms with Crippen molar-refractivity contribution in [3.8, 4) is 0 Å². The van der Waals surface area contributed by atoms with E-state index >= 15 is 0 Å². The Morgan fingerprint density at radius 2 is 2.00 bits per heavy atom. The molecule has 12 heteroatoms. The number of hydrogen-bond donors (Lipinski definition) is 3. The molecule has 1 saturated heterocycles. The van der Waals surface area contributed by atoms with Gasteiger partial charge >= 0.3 is 5.69 Å². The quantitative estimate of drug-likeness (QED) is 0.440. The molecule has 4 N–H and O–H groups in total. The van der Waals surface area contributed by atoms with Crippen LogP contribution in [0.5, 0.6) is 0 Å². The zero-order chi connectivity index (χ0) is 21.2. The molecule has 10 nitrogen and oxygen atoms in total. The maximum absolute atomic E-state index is 12.7. The molecule has 29 heavy (non-hydrogen) atoms. The van der Waals surface area contributed by atoms with E-state index in [9.17, 15) is 22.8 Å². The number of piperazine rings is 1. The van der Waals surface area contributed by atoms with Gasteiger partial charge in [-0.05, 0) is 17.9 Å². The Labute approximate surface area is 171 Å². The van der Waals surface area contributed by atoms with Gasteiger partial charge in [-0.2, -0.15) is 4.31 Å². The van der Waals surface area contributed by atoms with Crippen molar-refractivity contribution in [2.75, 3.05) is 38.5 Å². The molecule has 0 atom stereocenters. The van der Waals surface area contributed by atoms with Crippen molar-refractivity contribution >= 4 is 33.0 Å². The third-order valence-electron chi connectivity index (χ3n) is 4.89. The van der Waals surface area contributed by atoms with E-state index in [0.29, 0.717) is 30.3 Å². The molecule has 0 aromatic carbocycles. The van der Waals surface area contributed by atoms with Gasteiger partial charge in [0.05, 0.1) is 26.2 Å². The van der Waals surface area contributed by atoms with E-state index in [0.717, 1.165) is 4.90 Å². The van der Waals surface area contributed by atoms with Crippen LogP contribution in [0, 0.1) is 0 Å². The van der Waals surface area contributed by atoms with Crippen LogP contribution in [0.2, 0.25) is 0 Å². The Hall–Kier alpha value is -2.28. The summed E-state index contributed by atoms with van der Waals surface area (Å²) < 4.78 is 28.1. The summed E-state index contributed by atoms with van der Waals surface area (Å²) in [6.07, 6.45) is 0.621. The highest BCUT2D eigenvalue weighted by molar-refractivity contribution is 7.91. The molecule has 0 aliphatic carbocycles. The van der Waals surface area contributed by atoms with Crippen LogP contribution in [0.1, 0.15) is 23.7 Å². The number of nitrogens with one attached hydrogen (secondary N) is 2. The Kier molecular flexibility index (Phi) is 6.36. The lowest BCUT2D eigenvalue weighted by atomic mass is 10.1. The molecule has 0 unspecified atom stereocenters. The first-order chi connectivity index (χ1) is 13.8. The first kappa shape index (κ1) is 21.4. The molecule has 2 aromatic heterocycles. The first-order valence-corrected chi connectivity index (χ1v) is 11.6. The highest BCUT2D eigenvalue weighted by Crippen LogP contribution is 2.20. The number of anilines is 1. The Bertz CT molecular complexity index is 1100. The van der Waals surface area contributed by atoms with Gasteiger partial charge in [-0.25, -0.2) is 13.2 Å². The highest BCUT2D eigenvalue weighted by Gasteiger charge is 2.32. The third kappa shape index (κ3) is 4.34. The number of thiophene rings is 1. The number of carbonyl (C=O) groups excluding carboxylic acids is 1. The van der Waals surface area contributed by atoms with Crippen LogP contribution >= 0.6 is 11.3 Å². The van der Waals surface area contributed by atoms with Gasteiger partial charge in [-0.15, -0.1) is 11.3 Å². The number of sulfonamides is 1. The van der Waals surface area contributed by atoms with E-state index in [1.807, 2.05) is 6.92 Å². The summed E-state index contributed by atoms with van der Waals surface area (Å²) in [4.78, 5) is 39.8. The normalized spacial score (nSPS) is 16.2. The van der Waals surface area contributed by atoms with Crippen molar-refractivity contribution < 1.29 is 18.1 Å². The van der Waals surface area contributed by atoms with Crippen LogP contribution in [-0.2, 0) is 16.6 Å². The second kappa shape index (κ2) is 8.61. The number of ketones is 1. The predicted octanol–water partition coefficient (Wildman–Crippen LogP) is -1.64. The van der Waals surface area contributed by atoms with Crippen molar-refractivity contribution in [3.63, 3.8) is 0 Å². The molecule has 0 radical (unpaired) electrons. The molecule has 0 amide bonds. The molecule has 2 aromatic rings. The van der Waals surface area contributed by atoms with Crippen molar-refractivity contribution in [1.82, 2.24) is 13.9 Å². The average molecular weight is 443 g/mol. The average Bonchev–Trinajstić information content (AvgIpc) is 3.21. The Morgan fingerprint density at radius 1 is 1.31 bits per heavy atom. The fraction of sp³-hybridized carbons (Fsp3) is 0.471. The van der Waals surface area contributed by atoms with Crippen molar-refractivity contribution in [2.24, 2.45) is 0 Å². The second-order valence-corrected chi connectivity index (χ2v) is 9.97. The number of rotatable bonds is 7. The number of Topliss-reactive ketones (excluding diaryl/α,β-unsaturated/α-hetero) is 1. The minimum Gasteiger partial charge on any atom is -0.384 e. The maximum Gasteiger partial charge on any atom is 0.329 e. The predicted molar refractivity (Wildman–Crippen MR) is 109 cm³/mol. The summed E-state index contributed by atoms with van der Waals surface area (Å²) in [6, 6.07) is 3.26. The molecule has 1 aliphatic rings. The van der Waals surface area contributed by atoms with Gasteiger partial charge in [0.25, 0.3) is 15.6 Å². The van der Waals surface area contributed by atoms with Crippen LogP contribution in [0.25, 0.3) is 0 Å². The van der Waals surface area contributed by atoms with E-state index in [1.165, 1.54) is 20.2 Å². The molecular formula is C17H24N5O5S2+. The lowest BCUT2D eigenvalue weighted by Gasteiger charge is -2.30. The monoisotopic (exact) mass is 442 g/mol. The van der Waals surface area contributed by atoms with E-state index in [1.54, 1.807) is 17.5 Å². The van der Waals surface area contributed by atoms with Crippen LogP contribution in [0.15, 0.2) is 31.3 Å². The van der Waals surface area contributed by atoms with Crippen molar-refractivity contribution in [1.29, 1.82) is 0 Å². The highest BCUT2D eigenvalue weighted by atomic mass is 32.2. The number of hydrogen-bond acceptors (Lipinski definition) is 7. The topological polar surface area (TPSA) is 140 Å². The van der Waals surface area contributed by atoms with Crippen molar-refractivity contribution in [2.45, 2.75) is 24.1 Å². The van der Waals surface area contributed by atoms with Gasteiger partial charge in [0.1, 0.15) is 22.1 Å². The van der Waals surface area contributed by atoms with Gasteiger partial charge in [0.15, 0.2) is 0 Å². The lowest BCUT2D eigenvalue weighted by Crippen LogP contribution is -3.15. The molecule has 1 aliphatic heterocycles. The fourth-order valence-electron chi connectivity index (χ4n) is 3.38. The number of H-pyrrole nitrogens is 1. The summed E-state index contributed by atoms with van der Waals surface area (Å²) >= 11 is 1.17. The number of nitrogens with two attached hydrogens (primary N) is 1. The van der Waals surface area contributed by atoms with Crippen molar-refractivity contribution in [3.05, 3.63) is 43.9 Å². The van der Waals surface area contributed by atoms with Crippen LogP contribution < -0.4 is 21.9 Å². The largest absolute Gasteiger partial charge is 0.384 e. The molecule has 1 fully saturated rings. The van der Waals surface area contributed by atoms with E-state index in [-0.39, 0.29) is 31.0 Å². The number of aromatic nitrogens is 2. The lowest BCUT2D eigenvalue weighted by molar-refractivity contribution is -0.895. The minimum atomic E-state index is -3.51. The maximum atomic E-state index is 12.7. The van der Waals surface area contributed by atoms with Crippen LogP contribution in [0.4, 0.5) is 5.82 Å². The number of carbonyl (C=O) groups is 1. The minimum absolute atomic E-state index is 0.00446. The van der Waals surface area contributed by atoms with Gasteiger partial charge < -0.3 is 10.6 Å². The Morgan fingerprint density at radius 3 is 2.59 bits per heavy atom. The van der Waals surface area contributed by atoms with Gasteiger partial charge in [-0.3, -0.25) is 19.1 Å². The number of aromatic amines is 1. The van der Waals surface area contributed by atoms with Crippen LogP contribution in [-0.4, -0.2) is 60.8 Å². The van der Waals surface area contributed by atoms with Gasteiger partial charge in [0, 0.05) is 6.54 Å². The van der Waals surface area contributed by atoms with E-state index < -0.39 is 27.1 Å². The summed E-state index contributed by atoms with van der Waals surface area (Å²) in [7, 11) is -3.51. The second-order valence-electron chi connectivity index (χ2n) is 6.86. The molecule has 158 valence electrons. The smallest absolute Gasteiger partial charge is 0.329 e. The SMILES string of the molecule is CCCn1c(N)c(C(=O)C[NH+]2CCN(S(=O)(=O)c3cccs3)CC2)c(=O)[nH]c1=O. The van der Waals surface area contributed by atoms with Gasteiger partial charge in [-0.1, -0.05) is 13.0 Å². The molecule has 0 saturated carbocycles. The molecule has 0 spiro atoms. The summed E-state index contributed by atoms with van der Waals surface area (Å²) in [5.74, 6) is -0.581. The van der Waals surface area contributed by atoms with Crippen LogP contribution in [0.3, 0.4) is 0 Å². The molecule has 3 heterocycles. The zero-order valence-electron chi connectivity index (χ0n) is 16.0. The third-order valence-corrected chi connectivity index (χ3v) is 8.17. The molecule has 0 bridgehead atoms. The standard InChI is InChI=1S/C17H23N5O5S2/c1-2-5-22-15(18)14(16(24)19-17(22)25)12(23)11-20-6-8-21(9-7-20)29(26,27)13-4-3-10-28-13/h3-4,10H,2,5-9,11,18H2,1H3,(H,19,24,25)/p+1. The number of nitrogens with zero attached hydrogens (tertiary/aromatic N) is 2. The molecule has 3 rings (SSSR count). The zero-order valence-corrected chi connectivity index (χ0v) is 17.6. The number of quaternary nitrogens is 1. The summed E-state index contributed by atoms with van der Waals surface area (Å²) in [5, 5.41) is 1.72. The first-order valence-electron chi connectivity index (χ1n) is 9.28. The summed E-state index contributed by atoms with van der Waals surface area (Å²) in [5.41, 5.74) is 4.31. The number of nitrogen functional groups attached to an aromatic ring is 1. The Balaban J connectivity index is 1.70. The van der Waals surface area contributed by atoms with E-state index in [4.69, 9.17) is 5.73 Å². The van der Waals surface area contributed by atoms with Gasteiger partial charge in [0.2, 0.25) is 5.78 Å². The summed E-state index contributed by atoms with van der Waals surface area (Å²) in [6.45, 7) is 3.59.